The number of nitrogens with zero attached hydrogens (tertiary/aromatic N) is 5. The lowest BCUT2D eigenvalue weighted by atomic mass is 9.93. The Labute approximate surface area is 165 Å². The third-order valence-corrected chi connectivity index (χ3v) is 6.19. The van der Waals surface area contributed by atoms with Crippen LogP contribution in [0.15, 0.2) is 16.5 Å². The molecular formula is C18H20ClN7O2. The van der Waals surface area contributed by atoms with Gasteiger partial charge in [0.05, 0.1) is 10.6 Å². The van der Waals surface area contributed by atoms with Crippen molar-refractivity contribution >= 4 is 34.6 Å². The number of benzene rings is 1. The summed E-state index contributed by atoms with van der Waals surface area (Å²) >= 11 is 6.12. The van der Waals surface area contributed by atoms with Gasteiger partial charge in [-0.3, -0.25) is 4.79 Å². The van der Waals surface area contributed by atoms with E-state index >= 15 is 0 Å². The van der Waals surface area contributed by atoms with Crippen LogP contribution >= 0.6 is 11.6 Å². The molecule has 2 fully saturated rings. The summed E-state index contributed by atoms with van der Waals surface area (Å²) in [6.45, 7) is 3.47. The second-order valence-corrected chi connectivity index (χ2v) is 8.13. The number of carbonyl (C=O) groups is 1. The van der Waals surface area contributed by atoms with Crippen LogP contribution in [0.5, 0.6) is 0 Å². The summed E-state index contributed by atoms with van der Waals surface area (Å²) < 4.78 is 5.71. The minimum atomic E-state index is -0.446. The van der Waals surface area contributed by atoms with E-state index in [1.165, 1.54) is 12.8 Å². The van der Waals surface area contributed by atoms with Crippen molar-refractivity contribution in [2.75, 3.05) is 18.4 Å². The maximum Gasteiger partial charge on any atom is 0.316 e. The van der Waals surface area contributed by atoms with Crippen molar-refractivity contribution in [2.24, 2.45) is 5.41 Å². The van der Waals surface area contributed by atoms with Gasteiger partial charge in [-0.15, -0.1) is 5.10 Å². The van der Waals surface area contributed by atoms with Crippen LogP contribution in [0.25, 0.3) is 22.5 Å². The van der Waals surface area contributed by atoms with Gasteiger partial charge in [0.2, 0.25) is 5.91 Å². The summed E-state index contributed by atoms with van der Waals surface area (Å²) in [5.41, 5.74) is 2.25. The standard InChI is InChI=1S/C18H20ClN7O2/c1-10(16(27)26-8-6-18(4-5-18)7-9-26)20-17-24-23-15(28-17)11-2-3-12(19)14-13(11)21-25-22-14/h2-3,10H,4-9H2,1H3,(H,20,24)(H,21,22,25)/t10-/m0/s1. The Morgan fingerprint density at radius 3 is 2.71 bits per heavy atom. The number of likely N-dealkylation sites (tertiary alicyclic amines) is 1. The van der Waals surface area contributed by atoms with Gasteiger partial charge in [0.15, 0.2) is 0 Å². The van der Waals surface area contributed by atoms with E-state index in [9.17, 15) is 4.79 Å². The predicted molar refractivity (Wildman–Crippen MR) is 103 cm³/mol. The van der Waals surface area contributed by atoms with Crippen molar-refractivity contribution in [1.29, 1.82) is 0 Å². The number of nitrogens with one attached hydrogen (secondary N) is 2. The fourth-order valence-electron chi connectivity index (χ4n) is 3.86. The molecule has 1 saturated heterocycles. The summed E-state index contributed by atoms with van der Waals surface area (Å²) in [6.07, 6.45) is 4.86. The average molecular weight is 402 g/mol. The van der Waals surface area contributed by atoms with Gasteiger partial charge in [0.1, 0.15) is 17.1 Å². The number of hydrogen-bond donors (Lipinski definition) is 2. The van der Waals surface area contributed by atoms with E-state index in [4.69, 9.17) is 16.0 Å². The number of piperidine rings is 1. The molecule has 1 aromatic carbocycles. The molecule has 2 aliphatic rings. The number of aromatic nitrogens is 5. The highest BCUT2D eigenvalue weighted by Gasteiger charge is 2.45. The Morgan fingerprint density at radius 2 is 1.96 bits per heavy atom. The number of amides is 1. The monoisotopic (exact) mass is 401 g/mol. The zero-order valence-electron chi connectivity index (χ0n) is 15.4. The van der Waals surface area contributed by atoms with Crippen LogP contribution in [0.3, 0.4) is 0 Å². The molecule has 0 radical (unpaired) electrons. The summed E-state index contributed by atoms with van der Waals surface area (Å²) in [4.78, 5) is 14.7. The number of H-pyrrole nitrogens is 1. The van der Waals surface area contributed by atoms with Gasteiger partial charge in [-0.25, -0.2) is 0 Å². The third kappa shape index (κ3) is 2.99. The summed E-state index contributed by atoms with van der Waals surface area (Å²) in [5.74, 6) is 0.340. The van der Waals surface area contributed by atoms with Crippen LogP contribution < -0.4 is 5.32 Å². The molecule has 9 nitrogen and oxygen atoms in total. The van der Waals surface area contributed by atoms with Crippen molar-refractivity contribution in [1.82, 2.24) is 30.5 Å². The largest absolute Gasteiger partial charge is 0.403 e. The molecule has 3 aromatic rings. The maximum atomic E-state index is 12.7. The molecule has 3 heterocycles. The molecule has 28 heavy (non-hydrogen) atoms. The molecular weight excluding hydrogens is 382 g/mol. The number of anilines is 1. The number of fused-ring (bicyclic) bond motifs is 1. The van der Waals surface area contributed by atoms with Crippen LogP contribution in [0.2, 0.25) is 5.02 Å². The van der Waals surface area contributed by atoms with Crippen molar-refractivity contribution in [2.45, 2.75) is 38.6 Å². The molecule has 0 unspecified atom stereocenters. The van der Waals surface area contributed by atoms with Crippen molar-refractivity contribution < 1.29 is 9.21 Å². The van der Waals surface area contributed by atoms with E-state index in [0.29, 0.717) is 27.0 Å². The van der Waals surface area contributed by atoms with Gasteiger partial charge in [-0.1, -0.05) is 16.7 Å². The lowest BCUT2D eigenvalue weighted by Crippen LogP contribution is -2.45. The maximum absolute atomic E-state index is 12.7. The highest BCUT2D eigenvalue weighted by molar-refractivity contribution is 6.35. The fraction of sp³-hybridized carbons (Fsp3) is 0.500. The Balaban J connectivity index is 1.29. The summed E-state index contributed by atoms with van der Waals surface area (Å²) in [7, 11) is 0. The van der Waals surface area contributed by atoms with Crippen LogP contribution in [-0.4, -0.2) is 55.5 Å². The Morgan fingerprint density at radius 1 is 1.21 bits per heavy atom. The van der Waals surface area contributed by atoms with Crippen molar-refractivity contribution in [3.05, 3.63) is 17.2 Å². The number of hydrogen-bond acceptors (Lipinski definition) is 7. The van der Waals surface area contributed by atoms with Gasteiger partial charge >= 0.3 is 6.01 Å². The Hall–Kier alpha value is -2.68. The van der Waals surface area contributed by atoms with Crippen molar-refractivity contribution in [3.8, 4) is 11.5 Å². The third-order valence-electron chi connectivity index (χ3n) is 5.88. The van der Waals surface area contributed by atoms with Crippen LogP contribution in [0.4, 0.5) is 6.01 Å². The molecule has 1 spiro atoms. The molecule has 1 aliphatic heterocycles. The molecule has 10 heteroatoms. The van der Waals surface area contributed by atoms with Gasteiger partial charge in [0, 0.05) is 13.1 Å². The van der Waals surface area contributed by atoms with Crippen molar-refractivity contribution in [3.63, 3.8) is 0 Å². The van der Waals surface area contributed by atoms with E-state index < -0.39 is 6.04 Å². The lowest BCUT2D eigenvalue weighted by Gasteiger charge is -2.33. The summed E-state index contributed by atoms with van der Waals surface area (Å²) in [5, 5.41) is 22.3. The summed E-state index contributed by atoms with van der Waals surface area (Å²) in [6, 6.07) is 3.20. The number of aromatic amines is 1. The Bertz CT molecular complexity index is 1030. The first-order valence-electron chi connectivity index (χ1n) is 9.43. The van der Waals surface area contributed by atoms with E-state index in [1.807, 2.05) is 11.8 Å². The highest BCUT2D eigenvalue weighted by Crippen LogP contribution is 2.53. The minimum Gasteiger partial charge on any atom is -0.403 e. The highest BCUT2D eigenvalue weighted by atomic mass is 35.5. The van der Waals surface area contributed by atoms with Gasteiger partial charge in [-0.2, -0.15) is 15.4 Å². The molecule has 1 aliphatic carbocycles. The molecule has 0 bridgehead atoms. The topological polar surface area (TPSA) is 113 Å². The van der Waals surface area contributed by atoms with Gasteiger partial charge in [-0.05, 0) is 50.2 Å². The van der Waals surface area contributed by atoms with Crippen LogP contribution in [-0.2, 0) is 4.79 Å². The van der Waals surface area contributed by atoms with E-state index in [2.05, 4.69) is 30.9 Å². The zero-order valence-corrected chi connectivity index (χ0v) is 16.2. The zero-order chi connectivity index (χ0) is 19.3. The first kappa shape index (κ1) is 17.4. The molecule has 1 atom stereocenters. The number of rotatable bonds is 4. The first-order chi connectivity index (χ1) is 13.5. The Kier molecular flexibility index (Phi) is 4.01. The smallest absolute Gasteiger partial charge is 0.316 e. The molecule has 5 rings (SSSR count). The molecule has 2 N–H and O–H groups in total. The second kappa shape index (κ2) is 6.44. The molecule has 1 amide bonds. The number of carbonyl (C=O) groups excluding carboxylic acids is 1. The predicted octanol–water partition coefficient (Wildman–Crippen LogP) is 2.86. The van der Waals surface area contributed by atoms with E-state index in [-0.39, 0.29) is 17.8 Å². The first-order valence-corrected chi connectivity index (χ1v) is 9.81. The van der Waals surface area contributed by atoms with E-state index in [1.54, 1.807) is 12.1 Å². The quantitative estimate of drug-likeness (QED) is 0.691. The minimum absolute atomic E-state index is 0.0561. The van der Waals surface area contributed by atoms with Crippen LogP contribution in [0, 0.1) is 5.41 Å². The average Bonchev–Trinajstić information content (AvgIpc) is 3.11. The fourth-order valence-corrected chi connectivity index (χ4v) is 4.06. The molecule has 1 saturated carbocycles. The number of halogens is 1. The molecule has 146 valence electrons. The lowest BCUT2D eigenvalue weighted by molar-refractivity contribution is -0.133. The van der Waals surface area contributed by atoms with Crippen LogP contribution in [0.1, 0.15) is 32.6 Å². The normalized spacial score (nSPS) is 19.1. The second-order valence-electron chi connectivity index (χ2n) is 7.72. The van der Waals surface area contributed by atoms with Gasteiger partial charge < -0.3 is 14.6 Å². The molecule has 2 aromatic heterocycles. The van der Waals surface area contributed by atoms with E-state index in [0.717, 1.165) is 25.9 Å². The SMILES string of the molecule is C[C@H](Nc1nnc(-c2ccc(Cl)c3n[nH]nc23)o1)C(=O)N1CCC2(CC1)CC2. The van der Waals surface area contributed by atoms with Gasteiger partial charge in [0.25, 0.3) is 5.89 Å².